The monoisotopic (exact) mass is 639 g/mol. The molecule has 0 spiro atoms. The number of hydrogen-bond donors (Lipinski definition) is 2. The van der Waals surface area contributed by atoms with Gasteiger partial charge in [-0.25, -0.2) is 14.4 Å². The zero-order valence-electron chi connectivity index (χ0n) is 25.2. The lowest BCUT2D eigenvalue weighted by Gasteiger charge is -2.24. The number of esters is 4. The molecule has 46 heavy (non-hydrogen) atoms. The van der Waals surface area contributed by atoms with Gasteiger partial charge in [0.2, 0.25) is 12.2 Å². The molecule has 0 aliphatic rings. The van der Waals surface area contributed by atoms with E-state index in [4.69, 9.17) is 33.2 Å². The molecule has 0 unspecified atom stereocenters. The van der Waals surface area contributed by atoms with Gasteiger partial charge in [0.1, 0.15) is 5.75 Å². The summed E-state index contributed by atoms with van der Waals surface area (Å²) in [5.41, 5.74) is -0.395. The molecule has 15 nitrogen and oxygen atoms in total. The smallest absolute Gasteiger partial charge is 0.349 e. The Hall–Kier alpha value is -6.12. The van der Waals surface area contributed by atoms with Crippen LogP contribution >= 0.6 is 0 Å². The molecule has 0 saturated carbocycles. The first kappa shape index (κ1) is 34.4. The number of nitrogens with one attached hydrogen (secondary N) is 1. The molecule has 3 rings (SSSR count). The first-order valence-corrected chi connectivity index (χ1v) is 13.2. The van der Waals surface area contributed by atoms with Gasteiger partial charge in [-0.3, -0.25) is 14.4 Å². The van der Waals surface area contributed by atoms with Crippen molar-refractivity contribution in [3.05, 3.63) is 71.8 Å². The van der Waals surface area contributed by atoms with E-state index in [0.29, 0.717) is 0 Å². The standard InChI is InChI=1S/C31H29NO14/c1-16(33)43-22-12-10-18(14-24(22)41-4)30(38)45-26(28(35)32-20-8-6-7-9-21(20)40-3)27(29(36)37)46-31(39)19-11-13-23(44-17(2)34)25(15-19)42-5/h6-15,26-27H,1-5H3,(H,32,35)(H,36,37)/t26-,27-/m0/s1. The minimum Gasteiger partial charge on any atom is -0.495 e. The van der Waals surface area contributed by atoms with Gasteiger partial charge in [-0.1, -0.05) is 12.1 Å². The molecule has 0 saturated heterocycles. The van der Waals surface area contributed by atoms with Gasteiger partial charge in [-0.05, 0) is 48.5 Å². The molecule has 3 aromatic carbocycles. The Labute approximate surface area is 261 Å². The number of anilines is 1. The summed E-state index contributed by atoms with van der Waals surface area (Å²) in [4.78, 5) is 75.1. The van der Waals surface area contributed by atoms with E-state index < -0.39 is 48.0 Å². The molecule has 0 aliphatic carbocycles. The number of ether oxygens (including phenoxy) is 7. The highest BCUT2D eigenvalue weighted by molar-refractivity contribution is 6.02. The van der Waals surface area contributed by atoms with Crippen LogP contribution in [0.25, 0.3) is 0 Å². The highest BCUT2D eigenvalue weighted by Gasteiger charge is 2.41. The zero-order valence-corrected chi connectivity index (χ0v) is 25.2. The summed E-state index contributed by atoms with van der Waals surface area (Å²) >= 11 is 0. The van der Waals surface area contributed by atoms with Crippen LogP contribution in [0.4, 0.5) is 5.69 Å². The van der Waals surface area contributed by atoms with Crippen molar-refractivity contribution in [3.63, 3.8) is 0 Å². The summed E-state index contributed by atoms with van der Waals surface area (Å²) < 4.78 is 36.0. The van der Waals surface area contributed by atoms with Crippen molar-refractivity contribution in [1.82, 2.24) is 0 Å². The Bertz CT molecular complexity index is 1650. The summed E-state index contributed by atoms with van der Waals surface area (Å²) in [6, 6.07) is 13.1. The molecule has 0 heterocycles. The predicted octanol–water partition coefficient (Wildman–Crippen LogP) is 3.04. The highest BCUT2D eigenvalue weighted by Crippen LogP contribution is 2.31. The number of carbonyl (C=O) groups is 6. The number of aliphatic carboxylic acids is 1. The molecule has 0 radical (unpaired) electrons. The van der Waals surface area contributed by atoms with Crippen molar-refractivity contribution in [2.24, 2.45) is 0 Å². The molecule has 1 amide bonds. The Morgan fingerprint density at radius 2 is 1.07 bits per heavy atom. The molecule has 2 N–H and O–H groups in total. The first-order valence-electron chi connectivity index (χ1n) is 13.2. The molecule has 0 aromatic heterocycles. The number of rotatable bonds is 13. The second-order valence-electron chi connectivity index (χ2n) is 9.10. The molecular formula is C31H29NO14. The van der Waals surface area contributed by atoms with Gasteiger partial charge in [0, 0.05) is 13.8 Å². The van der Waals surface area contributed by atoms with Crippen LogP contribution in [0, 0.1) is 0 Å². The molecular weight excluding hydrogens is 610 g/mol. The lowest BCUT2D eigenvalue weighted by molar-refractivity contribution is -0.157. The maximum atomic E-state index is 13.5. The number of para-hydroxylation sites is 2. The summed E-state index contributed by atoms with van der Waals surface area (Å²) in [5.74, 6) is -6.79. The van der Waals surface area contributed by atoms with Gasteiger partial charge in [-0.15, -0.1) is 0 Å². The average Bonchev–Trinajstić information content (AvgIpc) is 3.02. The van der Waals surface area contributed by atoms with Crippen LogP contribution in [-0.2, 0) is 28.7 Å². The fourth-order valence-corrected chi connectivity index (χ4v) is 3.88. The zero-order chi connectivity index (χ0) is 34.0. The van der Waals surface area contributed by atoms with Gasteiger partial charge in [0.05, 0.1) is 38.1 Å². The van der Waals surface area contributed by atoms with Crippen LogP contribution < -0.4 is 29.0 Å². The van der Waals surface area contributed by atoms with Gasteiger partial charge in [0.25, 0.3) is 5.91 Å². The number of methoxy groups -OCH3 is 3. The van der Waals surface area contributed by atoms with Crippen molar-refractivity contribution < 1.29 is 67.0 Å². The summed E-state index contributed by atoms with van der Waals surface area (Å²) in [7, 11) is 3.82. The highest BCUT2D eigenvalue weighted by atomic mass is 16.6. The van der Waals surface area contributed by atoms with E-state index in [9.17, 15) is 33.9 Å². The number of carbonyl (C=O) groups excluding carboxylic acids is 5. The SMILES string of the molecule is COc1ccccc1NC(=O)[C@@H](OC(=O)c1ccc(OC(C)=O)c(OC)c1)[C@H](OC(=O)c1ccc(OC(C)=O)c(OC)c1)C(=O)O. The molecule has 0 bridgehead atoms. The Morgan fingerprint density at radius 3 is 1.50 bits per heavy atom. The van der Waals surface area contributed by atoms with E-state index in [0.717, 1.165) is 32.0 Å². The van der Waals surface area contributed by atoms with E-state index in [1.54, 1.807) is 12.1 Å². The number of carboxylic acid groups (broad SMARTS) is 1. The molecule has 0 fully saturated rings. The topological polar surface area (TPSA) is 199 Å². The number of carboxylic acids is 1. The molecule has 15 heteroatoms. The number of amides is 1. The Kier molecular flexibility index (Phi) is 11.6. The van der Waals surface area contributed by atoms with E-state index in [1.165, 1.54) is 51.7 Å². The van der Waals surface area contributed by atoms with Gasteiger partial charge >= 0.3 is 29.8 Å². The Balaban J connectivity index is 1.99. The minimum atomic E-state index is -2.38. The van der Waals surface area contributed by atoms with E-state index >= 15 is 0 Å². The predicted molar refractivity (Wildman–Crippen MR) is 156 cm³/mol. The first-order chi connectivity index (χ1) is 21.9. The minimum absolute atomic E-state index is 0.0236. The van der Waals surface area contributed by atoms with Crippen LogP contribution in [0.15, 0.2) is 60.7 Å². The third-order valence-electron chi connectivity index (χ3n) is 5.92. The van der Waals surface area contributed by atoms with Crippen molar-refractivity contribution >= 4 is 41.4 Å². The summed E-state index contributed by atoms with van der Waals surface area (Å²) in [6.07, 6.45) is -4.65. The molecule has 242 valence electrons. The number of hydrogen-bond acceptors (Lipinski definition) is 13. The van der Waals surface area contributed by atoms with Crippen LogP contribution in [0.2, 0.25) is 0 Å². The van der Waals surface area contributed by atoms with Crippen LogP contribution in [0.1, 0.15) is 34.6 Å². The second-order valence-corrected chi connectivity index (χ2v) is 9.10. The molecule has 2 atom stereocenters. The van der Waals surface area contributed by atoms with Crippen molar-refractivity contribution in [1.29, 1.82) is 0 Å². The quantitative estimate of drug-likeness (QED) is 0.204. The van der Waals surface area contributed by atoms with Crippen LogP contribution in [0.5, 0.6) is 28.7 Å². The van der Waals surface area contributed by atoms with Gasteiger partial charge < -0.3 is 43.6 Å². The van der Waals surface area contributed by atoms with E-state index in [2.05, 4.69) is 5.32 Å². The van der Waals surface area contributed by atoms with Crippen molar-refractivity contribution in [3.8, 4) is 28.7 Å². The molecule has 0 aliphatic heterocycles. The van der Waals surface area contributed by atoms with Crippen molar-refractivity contribution in [2.45, 2.75) is 26.1 Å². The fourth-order valence-electron chi connectivity index (χ4n) is 3.88. The van der Waals surface area contributed by atoms with Gasteiger partial charge in [-0.2, -0.15) is 0 Å². The lowest BCUT2D eigenvalue weighted by Crippen LogP contribution is -2.48. The van der Waals surface area contributed by atoms with E-state index in [1.807, 2.05) is 0 Å². The number of benzene rings is 3. The summed E-state index contributed by atoms with van der Waals surface area (Å²) in [6.45, 7) is 2.31. The Morgan fingerprint density at radius 1 is 0.609 bits per heavy atom. The lowest BCUT2D eigenvalue weighted by atomic mass is 10.1. The van der Waals surface area contributed by atoms with Gasteiger partial charge in [0.15, 0.2) is 23.0 Å². The third-order valence-corrected chi connectivity index (χ3v) is 5.92. The largest absolute Gasteiger partial charge is 0.495 e. The maximum Gasteiger partial charge on any atom is 0.349 e. The van der Waals surface area contributed by atoms with Crippen molar-refractivity contribution in [2.75, 3.05) is 26.6 Å². The maximum absolute atomic E-state index is 13.5. The second kappa shape index (κ2) is 15.6. The van der Waals surface area contributed by atoms with E-state index in [-0.39, 0.29) is 45.6 Å². The normalized spacial score (nSPS) is 11.6. The van der Waals surface area contributed by atoms with Crippen LogP contribution in [0.3, 0.4) is 0 Å². The van der Waals surface area contributed by atoms with Crippen LogP contribution in [-0.4, -0.2) is 74.4 Å². The summed E-state index contributed by atoms with van der Waals surface area (Å²) in [5, 5.41) is 12.5. The average molecular weight is 640 g/mol. The molecule has 3 aromatic rings. The fraction of sp³-hybridized carbons (Fsp3) is 0.226. The third kappa shape index (κ3) is 8.72.